The van der Waals surface area contributed by atoms with Gasteiger partial charge in [0, 0.05) is 22.1 Å². The highest BCUT2D eigenvalue weighted by atomic mass is 35.5. The molecule has 0 radical (unpaired) electrons. The Morgan fingerprint density at radius 3 is 2.34 bits per heavy atom. The van der Waals surface area contributed by atoms with Gasteiger partial charge in [-0.15, -0.1) is 0 Å². The number of carbonyl (C=O) groups is 2. The zero-order chi connectivity index (χ0) is 22.3. The molecule has 1 saturated heterocycles. The molecule has 1 aliphatic heterocycles. The number of nitrogens with one attached hydrogen (secondary N) is 1. The van der Waals surface area contributed by atoms with Crippen LogP contribution in [0.4, 0.5) is 0 Å². The molecule has 2 aromatic rings. The molecule has 1 heterocycles. The van der Waals surface area contributed by atoms with Gasteiger partial charge < -0.3 is 19.7 Å². The fourth-order valence-electron chi connectivity index (χ4n) is 5.00. The van der Waals surface area contributed by atoms with Gasteiger partial charge in [0.1, 0.15) is 17.6 Å². The highest BCUT2D eigenvalue weighted by Gasteiger charge is 2.68. The molecule has 3 fully saturated rings. The van der Waals surface area contributed by atoms with Crippen molar-refractivity contribution in [3.63, 3.8) is 0 Å². The van der Waals surface area contributed by atoms with Crippen LogP contribution in [0, 0.1) is 11.8 Å². The maximum atomic E-state index is 12.5. The number of ether oxygens (including phenoxy) is 2. The topological polar surface area (TPSA) is 67.9 Å². The van der Waals surface area contributed by atoms with Crippen LogP contribution >= 0.6 is 23.2 Å². The second kappa shape index (κ2) is 8.49. The monoisotopic (exact) mass is 474 g/mol. The lowest BCUT2D eigenvalue weighted by Crippen LogP contribution is -2.51. The van der Waals surface area contributed by atoms with Gasteiger partial charge in [0.2, 0.25) is 5.91 Å². The van der Waals surface area contributed by atoms with Crippen molar-refractivity contribution in [3.8, 4) is 11.5 Å². The second-order valence-corrected chi connectivity index (χ2v) is 9.79. The molecule has 2 saturated carbocycles. The van der Waals surface area contributed by atoms with Gasteiger partial charge in [-0.05, 0) is 73.2 Å². The molecule has 0 bridgehead atoms. The number of rotatable bonds is 8. The Morgan fingerprint density at radius 1 is 1.03 bits per heavy atom. The van der Waals surface area contributed by atoms with Crippen LogP contribution in [0.3, 0.4) is 0 Å². The Hall–Kier alpha value is -2.44. The number of hydrogen-bond acceptors (Lipinski definition) is 4. The molecular formula is C24H24Cl2N2O4. The van der Waals surface area contributed by atoms with Gasteiger partial charge in [-0.25, -0.2) is 0 Å². The van der Waals surface area contributed by atoms with E-state index in [1.165, 1.54) is 0 Å². The number of likely N-dealkylation sites (tertiary alicyclic amines) is 1. The maximum Gasteiger partial charge on any atom is 0.258 e. The zero-order valence-electron chi connectivity index (χ0n) is 17.4. The minimum atomic E-state index is -0.141. The Bertz CT molecular complexity index is 1010. The summed E-state index contributed by atoms with van der Waals surface area (Å²) >= 11 is 11.8. The highest BCUT2D eigenvalue weighted by Crippen LogP contribution is 2.63. The van der Waals surface area contributed by atoms with E-state index in [4.69, 9.17) is 32.7 Å². The molecule has 0 spiro atoms. The minimum Gasteiger partial charge on any atom is -0.488 e. The van der Waals surface area contributed by atoms with E-state index < -0.39 is 0 Å². The van der Waals surface area contributed by atoms with Gasteiger partial charge in [-0.2, -0.15) is 0 Å². The molecule has 3 unspecified atom stereocenters. The molecule has 3 aliphatic rings. The molecule has 32 heavy (non-hydrogen) atoms. The van der Waals surface area contributed by atoms with E-state index in [1.807, 2.05) is 17.0 Å². The minimum absolute atomic E-state index is 0.0188. The molecule has 0 aromatic heterocycles. The van der Waals surface area contributed by atoms with Crippen molar-refractivity contribution in [1.29, 1.82) is 0 Å². The summed E-state index contributed by atoms with van der Waals surface area (Å²) in [6, 6.07) is 14.1. The third-order valence-corrected chi connectivity index (χ3v) is 7.16. The van der Waals surface area contributed by atoms with E-state index in [-0.39, 0.29) is 30.1 Å². The first-order valence-corrected chi connectivity index (χ1v) is 11.6. The van der Waals surface area contributed by atoms with Crippen molar-refractivity contribution in [2.75, 3.05) is 19.7 Å². The van der Waals surface area contributed by atoms with Crippen LogP contribution in [0.25, 0.3) is 0 Å². The number of fused-ring (bicyclic) bond motifs is 1. The smallest absolute Gasteiger partial charge is 0.258 e. The molecule has 2 amide bonds. The maximum absolute atomic E-state index is 12.5. The summed E-state index contributed by atoms with van der Waals surface area (Å²) in [7, 11) is 0. The average molecular weight is 475 g/mol. The largest absolute Gasteiger partial charge is 0.488 e. The Kier molecular flexibility index (Phi) is 5.68. The number of hydrogen-bond donors (Lipinski definition) is 1. The molecule has 5 rings (SSSR count). The van der Waals surface area contributed by atoms with Crippen molar-refractivity contribution in [2.45, 2.75) is 30.9 Å². The van der Waals surface area contributed by atoms with Crippen LogP contribution in [0.15, 0.2) is 48.5 Å². The van der Waals surface area contributed by atoms with Crippen LogP contribution in [-0.2, 0) is 9.59 Å². The zero-order valence-corrected chi connectivity index (χ0v) is 18.9. The molecule has 4 atom stereocenters. The van der Waals surface area contributed by atoms with Gasteiger partial charge in [-0.3, -0.25) is 9.59 Å². The summed E-state index contributed by atoms with van der Waals surface area (Å²) in [6.07, 6.45) is 2.12. The quantitative estimate of drug-likeness (QED) is 0.628. The lowest BCUT2D eigenvalue weighted by Gasteiger charge is -2.37. The van der Waals surface area contributed by atoms with Crippen LogP contribution in [0.5, 0.6) is 11.5 Å². The standard InChI is InChI=1S/C24H24Cl2N2O4/c25-16-1-5-18(6-2-16)31-14-22(29)27-24-10-15(21(24)11-24)12-28-13-20(9-23(28)30)32-19-7-3-17(26)4-8-19/h1-8,15,20-21H,9-14H2,(H,27,29)/t15?,20-,21?,24?/m1/s1. The summed E-state index contributed by atoms with van der Waals surface area (Å²) < 4.78 is 11.5. The molecular weight excluding hydrogens is 451 g/mol. The number of carbonyl (C=O) groups excluding carboxylic acids is 2. The number of amides is 2. The summed E-state index contributed by atoms with van der Waals surface area (Å²) in [4.78, 5) is 26.7. The Labute approximate surface area is 196 Å². The van der Waals surface area contributed by atoms with Crippen molar-refractivity contribution in [2.24, 2.45) is 11.8 Å². The Morgan fingerprint density at radius 2 is 1.69 bits per heavy atom. The second-order valence-electron chi connectivity index (χ2n) is 8.92. The summed E-state index contributed by atoms with van der Waals surface area (Å²) in [6.45, 7) is 1.30. The lowest BCUT2D eigenvalue weighted by molar-refractivity contribution is -0.129. The number of benzene rings is 2. The molecule has 168 valence electrons. The van der Waals surface area contributed by atoms with Gasteiger partial charge in [-0.1, -0.05) is 23.2 Å². The van der Waals surface area contributed by atoms with Crippen molar-refractivity contribution in [1.82, 2.24) is 10.2 Å². The van der Waals surface area contributed by atoms with E-state index in [0.29, 0.717) is 40.6 Å². The SMILES string of the molecule is O=C(COc1ccc(Cl)cc1)NC12CC(CN3C[C@H](Oc4ccc(Cl)cc4)CC3=O)C1C2. The van der Waals surface area contributed by atoms with E-state index in [0.717, 1.165) is 25.1 Å². The molecule has 2 aromatic carbocycles. The highest BCUT2D eigenvalue weighted by molar-refractivity contribution is 6.30. The first-order valence-electron chi connectivity index (χ1n) is 10.8. The molecule has 1 N–H and O–H groups in total. The van der Waals surface area contributed by atoms with Gasteiger partial charge in [0.15, 0.2) is 6.61 Å². The summed E-state index contributed by atoms with van der Waals surface area (Å²) in [5, 5.41) is 4.41. The average Bonchev–Trinajstić information content (AvgIpc) is 3.18. The summed E-state index contributed by atoms with van der Waals surface area (Å²) in [5.74, 6) is 2.21. The predicted octanol–water partition coefficient (Wildman–Crippen LogP) is 3.95. The van der Waals surface area contributed by atoms with Crippen LogP contribution < -0.4 is 14.8 Å². The van der Waals surface area contributed by atoms with E-state index >= 15 is 0 Å². The van der Waals surface area contributed by atoms with Crippen LogP contribution in [0.1, 0.15) is 19.3 Å². The lowest BCUT2D eigenvalue weighted by atomic mass is 9.80. The van der Waals surface area contributed by atoms with E-state index in [2.05, 4.69) is 5.32 Å². The third-order valence-electron chi connectivity index (χ3n) is 6.65. The number of nitrogens with zero attached hydrogens (tertiary/aromatic N) is 1. The van der Waals surface area contributed by atoms with Gasteiger partial charge in [0.05, 0.1) is 13.0 Å². The van der Waals surface area contributed by atoms with Crippen molar-refractivity contribution >= 4 is 35.0 Å². The fraction of sp³-hybridized carbons (Fsp3) is 0.417. The van der Waals surface area contributed by atoms with Gasteiger partial charge >= 0.3 is 0 Å². The van der Waals surface area contributed by atoms with E-state index in [9.17, 15) is 9.59 Å². The molecule has 2 aliphatic carbocycles. The Balaban J connectivity index is 1.05. The predicted molar refractivity (Wildman–Crippen MR) is 121 cm³/mol. The van der Waals surface area contributed by atoms with Crippen LogP contribution in [0.2, 0.25) is 10.0 Å². The molecule has 8 heteroatoms. The molecule has 6 nitrogen and oxygen atoms in total. The fourth-order valence-corrected chi connectivity index (χ4v) is 5.25. The first kappa shape index (κ1) is 21.4. The van der Waals surface area contributed by atoms with Gasteiger partial charge in [0.25, 0.3) is 5.91 Å². The summed E-state index contributed by atoms with van der Waals surface area (Å²) in [5.41, 5.74) is -0.104. The van der Waals surface area contributed by atoms with Crippen molar-refractivity contribution in [3.05, 3.63) is 58.6 Å². The normalized spacial score (nSPS) is 28.0. The van der Waals surface area contributed by atoms with Crippen molar-refractivity contribution < 1.29 is 19.1 Å². The first-order chi connectivity index (χ1) is 15.4. The third kappa shape index (κ3) is 4.52. The van der Waals surface area contributed by atoms with Crippen LogP contribution in [-0.4, -0.2) is 48.1 Å². The number of halogens is 2. The van der Waals surface area contributed by atoms with E-state index in [1.54, 1.807) is 36.4 Å².